The number of hydrogen-bond donors (Lipinski definition) is 2. The number of aromatic carboxylic acids is 1. The van der Waals surface area contributed by atoms with E-state index in [4.69, 9.17) is 9.52 Å². The van der Waals surface area contributed by atoms with Gasteiger partial charge in [-0.2, -0.15) is 0 Å². The van der Waals surface area contributed by atoms with Gasteiger partial charge >= 0.3 is 5.97 Å². The zero-order valence-corrected chi connectivity index (χ0v) is 13.3. The predicted molar refractivity (Wildman–Crippen MR) is 85.7 cm³/mol. The predicted octanol–water partition coefficient (Wildman–Crippen LogP) is 4.24. The quantitative estimate of drug-likeness (QED) is 0.709. The third kappa shape index (κ3) is 3.18. The number of fused-ring (bicyclic) bond motifs is 1. The third-order valence-corrected chi connectivity index (χ3v) is 5.02. The number of rotatable bonds is 5. The lowest BCUT2D eigenvalue weighted by atomic mass is 10.1. The number of benzene rings is 1. The highest BCUT2D eigenvalue weighted by atomic mass is 79.9. The van der Waals surface area contributed by atoms with E-state index in [0.29, 0.717) is 12.1 Å². The van der Waals surface area contributed by atoms with Crippen molar-refractivity contribution >= 4 is 44.2 Å². The van der Waals surface area contributed by atoms with Crippen molar-refractivity contribution < 1.29 is 14.3 Å². The van der Waals surface area contributed by atoms with Gasteiger partial charge in [0.25, 0.3) is 0 Å². The summed E-state index contributed by atoms with van der Waals surface area (Å²) in [6.45, 7) is 1.51. The molecule has 0 amide bonds. The van der Waals surface area contributed by atoms with Crippen LogP contribution in [0.3, 0.4) is 0 Å². The molecule has 0 saturated heterocycles. The summed E-state index contributed by atoms with van der Waals surface area (Å²) in [5.74, 6) is -1.08. The second kappa shape index (κ2) is 6.01. The second-order valence-corrected chi connectivity index (χ2v) is 6.44. The Morgan fingerprint density at radius 3 is 2.86 bits per heavy atom. The molecule has 0 unspecified atom stereocenters. The molecule has 2 heterocycles. The van der Waals surface area contributed by atoms with Gasteiger partial charge in [0.15, 0.2) is 0 Å². The van der Waals surface area contributed by atoms with Crippen LogP contribution in [-0.4, -0.2) is 11.1 Å². The topological polar surface area (TPSA) is 62.5 Å². The fraction of sp³-hybridized carbons (Fsp3) is 0.133. The van der Waals surface area contributed by atoms with Gasteiger partial charge in [0.05, 0.1) is 0 Å². The van der Waals surface area contributed by atoms with Gasteiger partial charge in [0.1, 0.15) is 5.58 Å². The van der Waals surface area contributed by atoms with Crippen LogP contribution in [0.15, 0.2) is 44.6 Å². The largest absolute Gasteiger partial charge is 0.475 e. The van der Waals surface area contributed by atoms with Crippen LogP contribution in [0.4, 0.5) is 0 Å². The lowest BCUT2D eigenvalue weighted by Crippen LogP contribution is -2.11. The molecule has 6 heteroatoms. The maximum atomic E-state index is 10.9. The van der Waals surface area contributed by atoms with Crippen molar-refractivity contribution in [2.75, 3.05) is 0 Å². The van der Waals surface area contributed by atoms with Gasteiger partial charge in [-0.25, -0.2) is 4.79 Å². The number of halogens is 1. The maximum absolute atomic E-state index is 10.9. The summed E-state index contributed by atoms with van der Waals surface area (Å²) < 4.78 is 6.36. The van der Waals surface area contributed by atoms with Crippen molar-refractivity contribution in [3.63, 3.8) is 0 Å². The lowest BCUT2D eigenvalue weighted by molar-refractivity contribution is 0.0665. The van der Waals surface area contributed by atoms with Gasteiger partial charge in [0, 0.05) is 27.8 Å². The van der Waals surface area contributed by atoms with Crippen LogP contribution in [0.5, 0.6) is 0 Å². The van der Waals surface area contributed by atoms with E-state index < -0.39 is 5.97 Å². The minimum Gasteiger partial charge on any atom is -0.475 e. The minimum atomic E-state index is -1.05. The summed E-state index contributed by atoms with van der Waals surface area (Å²) in [5, 5.41) is 15.1. The Morgan fingerprint density at radius 2 is 2.14 bits per heavy atom. The molecule has 0 radical (unpaired) electrons. The van der Waals surface area contributed by atoms with Crippen LogP contribution in [0.25, 0.3) is 11.0 Å². The van der Waals surface area contributed by atoms with E-state index in [9.17, 15) is 4.79 Å². The van der Waals surface area contributed by atoms with Crippen molar-refractivity contribution in [1.29, 1.82) is 0 Å². The molecule has 2 N–H and O–H groups in total. The third-order valence-electron chi connectivity index (χ3n) is 3.10. The first-order chi connectivity index (χ1) is 10.1. The van der Waals surface area contributed by atoms with Gasteiger partial charge < -0.3 is 14.8 Å². The number of carbonyl (C=O) groups is 1. The molecule has 21 heavy (non-hydrogen) atoms. The normalized spacial score (nSPS) is 11.1. The molecule has 1 aromatic carbocycles. The average Bonchev–Trinajstić information content (AvgIpc) is 3.05. The van der Waals surface area contributed by atoms with Crippen LogP contribution < -0.4 is 5.32 Å². The zero-order valence-electron chi connectivity index (χ0n) is 10.9. The van der Waals surface area contributed by atoms with Crippen LogP contribution in [-0.2, 0) is 13.1 Å². The molecule has 0 aliphatic rings. The Bertz CT molecular complexity index is 793. The van der Waals surface area contributed by atoms with Gasteiger partial charge in [-0.05, 0) is 51.1 Å². The molecule has 108 valence electrons. The van der Waals surface area contributed by atoms with Crippen LogP contribution in [0.1, 0.15) is 21.0 Å². The molecule has 0 saturated carbocycles. The monoisotopic (exact) mass is 365 g/mol. The SMILES string of the molecule is O=C(O)c1cc2cc(CNCc3sccc3Br)ccc2o1. The highest BCUT2D eigenvalue weighted by Gasteiger charge is 2.10. The number of hydrogen-bond acceptors (Lipinski definition) is 4. The van der Waals surface area contributed by atoms with Crippen molar-refractivity contribution in [3.8, 4) is 0 Å². The Hall–Kier alpha value is -1.63. The molecule has 0 fully saturated rings. The van der Waals surface area contributed by atoms with E-state index in [1.54, 1.807) is 23.5 Å². The van der Waals surface area contributed by atoms with E-state index in [2.05, 4.69) is 21.2 Å². The fourth-order valence-electron chi connectivity index (χ4n) is 2.08. The summed E-state index contributed by atoms with van der Waals surface area (Å²) >= 11 is 5.21. The van der Waals surface area contributed by atoms with E-state index in [1.807, 2.05) is 23.6 Å². The summed E-state index contributed by atoms with van der Waals surface area (Å²) in [7, 11) is 0. The second-order valence-electron chi connectivity index (χ2n) is 4.58. The van der Waals surface area contributed by atoms with Gasteiger partial charge in [-0.3, -0.25) is 0 Å². The molecule has 0 spiro atoms. The van der Waals surface area contributed by atoms with E-state index in [-0.39, 0.29) is 5.76 Å². The standard InChI is InChI=1S/C15H12BrNO3S/c16-11-3-4-21-14(11)8-17-7-9-1-2-12-10(5-9)6-13(20-12)15(18)19/h1-6,17H,7-8H2,(H,18,19). The molecular formula is C15H12BrNO3S. The Labute approximate surface area is 133 Å². The van der Waals surface area contributed by atoms with Crippen molar-refractivity contribution in [3.05, 3.63) is 56.4 Å². The summed E-state index contributed by atoms with van der Waals surface area (Å²) in [5.41, 5.74) is 1.69. The molecule has 0 aliphatic carbocycles. The summed E-state index contributed by atoms with van der Waals surface area (Å²) in [6.07, 6.45) is 0. The molecule has 3 rings (SSSR count). The van der Waals surface area contributed by atoms with Crippen LogP contribution in [0.2, 0.25) is 0 Å². The van der Waals surface area contributed by atoms with Gasteiger partial charge in [-0.15, -0.1) is 11.3 Å². The smallest absolute Gasteiger partial charge is 0.371 e. The zero-order chi connectivity index (χ0) is 14.8. The molecule has 3 aromatic rings. The Morgan fingerprint density at radius 1 is 1.29 bits per heavy atom. The molecule has 4 nitrogen and oxygen atoms in total. The number of furan rings is 1. The van der Waals surface area contributed by atoms with Crippen LogP contribution in [0, 0.1) is 0 Å². The van der Waals surface area contributed by atoms with E-state index in [0.717, 1.165) is 22.0 Å². The first kappa shape index (κ1) is 14.3. The first-order valence-corrected chi connectivity index (χ1v) is 7.99. The average molecular weight is 366 g/mol. The highest BCUT2D eigenvalue weighted by Crippen LogP contribution is 2.23. The van der Waals surface area contributed by atoms with Gasteiger partial charge in [0.2, 0.25) is 5.76 Å². The molecule has 0 bridgehead atoms. The Balaban J connectivity index is 1.69. The number of carboxylic acids is 1. The molecular weight excluding hydrogens is 354 g/mol. The number of nitrogens with one attached hydrogen (secondary N) is 1. The number of carboxylic acid groups (broad SMARTS) is 1. The molecule has 2 aromatic heterocycles. The van der Waals surface area contributed by atoms with Crippen molar-refractivity contribution in [2.24, 2.45) is 0 Å². The van der Waals surface area contributed by atoms with Crippen molar-refractivity contribution in [2.45, 2.75) is 13.1 Å². The van der Waals surface area contributed by atoms with Gasteiger partial charge in [-0.1, -0.05) is 6.07 Å². The van der Waals surface area contributed by atoms with E-state index in [1.165, 1.54) is 4.88 Å². The summed E-state index contributed by atoms with van der Waals surface area (Å²) in [4.78, 5) is 12.1. The maximum Gasteiger partial charge on any atom is 0.371 e. The van der Waals surface area contributed by atoms with E-state index >= 15 is 0 Å². The number of thiophene rings is 1. The molecule has 0 atom stereocenters. The highest BCUT2D eigenvalue weighted by molar-refractivity contribution is 9.10. The molecule has 0 aliphatic heterocycles. The Kier molecular flexibility index (Phi) is 4.10. The van der Waals surface area contributed by atoms with Crippen LogP contribution >= 0.6 is 27.3 Å². The first-order valence-electron chi connectivity index (χ1n) is 6.32. The lowest BCUT2D eigenvalue weighted by Gasteiger charge is -2.04. The fourth-order valence-corrected chi connectivity index (χ4v) is 3.54. The summed E-state index contributed by atoms with van der Waals surface area (Å²) in [6, 6.07) is 9.28. The minimum absolute atomic E-state index is 0.0300. The van der Waals surface area contributed by atoms with Crippen molar-refractivity contribution in [1.82, 2.24) is 5.32 Å².